The highest BCUT2D eigenvalue weighted by Crippen LogP contribution is 2.34. The quantitative estimate of drug-likeness (QED) is 0.826. The molecule has 0 atom stereocenters. The molecule has 1 aromatic heterocycles. The molecule has 2 nitrogen and oxygen atoms in total. The predicted octanol–water partition coefficient (Wildman–Crippen LogP) is 4.05. The third kappa shape index (κ3) is 2.73. The molecule has 0 unspecified atom stereocenters. The van der Waals surface area contributed by atoms with E-state index in [0.29, 0.717) is 0 Å². The van der Waals surface area contributed by atoms with Crippen molar-refractivity contribution in [2.45, 2.75) is 39.2 Å². The van der Waals surface area contributed by atoms with Crippen molar-refractivity contribution in [2.24, 2.45) is 0 Å². The SMILES string of the molecule is CCC(C)(C)c1nc2ccc(CN(C)C)cc2s1. The predicted molar refractivity (Wildman–Crippen MR) is 80.3 cm³/mol. The van der Waals surface area contributed by atoms with E-state index in [1.54, 1.807) is 0 Å². The van der Waals surface area contributed by atoms with Crippen molar-refractivity contribution in [3.05, 3.63) is 28.8 Å². The van der Waals surface area contributed by atoms with Crippen molar-refractivity contribution in [3.8, 4) is 0 Å². The van der Waals surface area contributed by atoms with Gasteiger partial charge in [0, 0.05) is 12.0 Å². The second-order valence-electron chi connectivity index (χ2n) is 5.80. The first-order valence-electron chi connectivity index (χ1n) is 6.47. The molecule has 0 aliphatic carbocycles. The normalized spacial score (nSPS) is 12.6. The van der Waals surface area contributed by atoms with Gasteiger partial charge in [-0.2, -0.15) is 0 Å². The number of hydrogen-bond donors (Lipinski definition) is 0. The molecule has 0 saturated carbocycles. The fourth-order valence-electron chi connectivity index (χ4n) is 1.87. The van der Waals surface area contributed by atoms with Crippen LogP contribution >= 0.6 is 11.3 Å². The molecule has 2 aromatic rings. The summed E-state index contributed by atoms with van der Waals surface area (Å²) < 4.78 is 1.31. The van der Waals surface area contributed by atoms with E-state index in [1.165, 1.54) is 15.3 Å². The summed E-state index contributed by atoms with van der Waals surface area (Å²) in [5.41, 5.74) is 2.68. The van der Waals surface area contributed by atoms with Crippen LogP contribution in [0.4, 0.5) is 0 Å². The molecule has 0 aliphatic heterocycles. The number of nitrogens with zero attached hydrogens (tertiary/aromatic N) is 2. The number of rotatable bonds is 4. The summed E-state index contributed by atoms with van der Waals surface area (Å²) in [6.45, 7) is 7.75. The first-order chi connectivity index (χ1) is 8.42. The Balaban J connectivity index is 2.40. The lowest BCUT2D eigenvalue weighted by Gasteiger charge is -2.18. The molecule has 0 amide bonds. The van der Waals surface area contributed by atoms with Gasteiger partial charge in [-0.15, -0.1) is 11.3 Å². The van der Waals surface area contributed by atoms with Gasteiger partial charge in [0.05, 0.1) is 15.2 Å². The lowest BCUT2D eigenvalue weighted by Crippen LogP contribution is -2.14. The molecule has 0 aliphatic rings. The monoisotopic (exact) mass is 262 g/mol. The molecule has 0 N–H and O–H groups in total. The van der Waals surface area contributed by atoms with Crippen molar-refractivity contribution >= 4 is 21.6 Å². The second-order valence-corrected chi connectivity index (χ2v) is 6.83. The van der Waals surface area contributed by atoms with Gasteiger partial charge in [-0.3, -0.25) is 0 Å². The minimum absolute atomic E-state index is 0.186. The summed E-state index contributed by atoms with van der Waals surface area (Å²) in [5.74, 6) is 0. The summed E-state index contributed by atoms with van der Waals surface area (Å²) in [7, 11) is 4.20. The van der Waals surface area contributed by atoms with Gasteiger partial charge in [0.25, 0.3) is 0 Å². The highest BCUT2D eigenvalue weighted by molar-refractivity contribution is 7.18. The van der Waals surface area contributed by atoms with Gasteiger partial charge in [0.15, 0.2) is 0 Å². The van der Waals surface area contributed by atoms with Crippen molar-refractivity contribution in [2.75, 3.05) is 14.1 Å². The van der Waals surface area contributed by atoms with Gasteiger partial charge in [0.1, 0.15) is 0 Å². The number of aromatic nitrogens is 1. The topological polar surface area (TPSA) is 16.1 Å². The molecule has 0 saturated heterocycles. The maximum Gasteiger partial charge on any atom is 0.0994 e. The lowest BCUT2D eigenvalue weighted by atomic mass is 9.91. The maximum absolute atomic E-state index is 4.78. The Hall–Kier alpha value is -0.930. The van der Waals surface area contributed by atoms with Crippen molar-refractivity contribution < 1.29 is 0 Å². The van der Waals surface area contributed by atoms with E-state index in [2.05, 4.69) is 58.0 Å². The van der Waals surface area contributed by atoms with Crippen LogP contribution in [0.25, 0.3) is 10.2 Å². The Labute approximate surface area is 114 Å². The van der Waals surface area contributed by atoms with Crippen LogP contribution in [0.2, 0.25) is 0 Å². The van der Waals surface area contributed by atoms with E-state index in [9.17, 15) is 0 Å². The smallest absolute Gasteiger partial charge is 0.0994 e. The Morgan fingerprint density at radius 2 is 2.00 bits per heavy atom. The summed E-state index contributed by atoms with van der Waals surface area (Å²) in [5, 5.41) is 1.25. The number of fused-ring (bicyclic) bond motifs is 1. The summed E-state index contributed by atoms with van der Waals surface area (Å²) >= 11 is 1.84. The molecule has 0 radical (unpaired) electrons. The zero-order chi connectivity index (χ0) is 13.3. The Kier molecular flexibility index (Phi) is 3.74. The molecule has 3 heteroatoms. The van der Waals surface area contributed by atoms with Crippen molar-refractivity contribution in [3.63, 3.8) is 0 Å². The van der Waals surface area contributed by atoms with Gasteiger partial charge in [0.2, 0.25) is 0 Å². The second kappa shape index (κ2) is 4.98. The summed E-state index contributed by atoms with van der Waals surface area (Å²) in [4.78, 5) is 6.97. The minimum atomic E-state index is 0.186. The molecular weight excluding hydrogens is 240 g/mol. The maximum atomic E-state index is 4.78. The van der Waals surface area contributed by atoms with Crippen LogP contribution in [-0.4, -0.2) is 24.0 Å². The largest absolute Gasteiger partial charge is 0.305 e. The fraction of sp³-hybridized carbons (Fsp3) is 0.533. The van der Waals surface area contributed by atoms with E-state index >= 15 is 0 Å². The van der Waals surface area contributed by atoms with Gasteiger partial charge in [-0.1, -0.05) is 26.8 Å². The number of hydrogen-bond acceptors (Lipinski definition) is 3. The van der Waals surface area contributed by atoms with Gasteiger partial charge in [-0.25, -0.2) is 4.98 Å². The molecule has 1 aromatic carbocycles. The number of thiazole rings is 1. The highest BCUT2D eigenvalue weighted by atomic mass is 32.1. The molecule has 2 rings (SSSR count). The Morgan fingerprint density at radius 1 is 1.28 bits per heavy atom. The number of benzene rings is 1. The molecule has 0 fully saturated rings. The highest BCUT2D eigenvalue weighted by Gasteiger charge is 2.22. The molecule has 98 valence electrons. The zero-order valence-electron chi connectivity index (χ0n) is 11.9. The van der Waals surface area contributed by atoms with Crippen molar-refractivity contribution in [1.29, 1.82) is 0 Å². The van der Waals surface area contributed by atoms with Crippen LogP contribution in [0.1, 0.15) is 37.8 Å². The Morgan fingerprint density at radius 3 is 2.61 bits per heavy atom. The van der Waals surface area contributed by atoms with E-state index in [0.717, 1.165) is 18.5 Å². The van der Waals surface area contributed by atoms with Gasteiger partial charge < -0.3 is 4.90 Å². The first kappa shape index (κ1) is 13.5. The van der Waals surface area contributed by atoms with Crippen LogP contribution in [0.3, 0.4) is 0 Å². The fourth-order valence-corrected chi connectivity index (χ4v) is 3.07. The molecule has 1 heterocycles. The molecular formula is C15H22N2S. The summed E-state index contributed by atoms with van der Waals surface area (Å²) in [6, 6.07) is 6.62. The van der Waals surface area contributed by atoms with Crippen molar-refractivity contribution in [1.82, 2.24) is 9.88 Å². The van der Waals surface area contributed by atoms with Crippen LogP contribution in [0.15, 0.2) is 18.2 Å². The first-order valence-corrected chi connectivity index (χ1v) is 7.28. The third-order valence-electron chi connectivity index (χ3n) is 3.41. The van der Waals surface area contributed by atoms with Crippen LogP contribution in [0, 0.1) is 0 Å². The van der Waals surface area contributed by atoms with Gasteiger partial charge >= 0.3 is 0 Å². The average molecular weight is 262 g/mol. The standard InChI is InChI=1S/C15H22N2S/c1-6-15(2,3)14-16-12-8-7-11(10-17(4)5)9-13(12)18-14/h7-9H,6,10H2,1-5H3. The molecule has 0 spiro atoms. The summed E-state index contributed by atoms with van der Waals surface area (Å²) in [6.07, 6.45) is 1.12. The van der Waals surface area contributed by atoms with Crippen LogP contribution in [0.5, 0.6) is 0 Å². The zero-order valence-corrected chi connectivity index (χ0v) is 12.8. The van der Waals surface area contributed by atoms with Crippen LogP contribution < -0.4 is 0 Å². The minimum Gasteiger partial charge on any atom is -0.305 e. The van der Waals surface area contributed by atoms with E-state index in [1.807, 2.05) is 11.3 Å². The Bertz CT molecular complexity index is 540. The van der Waals surface area contributed by atoms with Gasteiger partial charge in [-0.05, 0) is 38.2 Å². The third-order valence-corrected chi connectivity index (χ3v) is 4.80. The van der Waals surface area contributed by atoms with Crippen LogP contribution in [-0.2, 0) is 12.0 Å². The van der Waals surface area contributed by atoms with E-state index in [4.69, 9.17) is 4.98 Å². The molecule has 18 heavy (non-hydrogen) atoms. The van der Waals surface area contributed by atoms with E-state index < -0.39 is 0 Å². The van der Waals surface area contributed by atoms with E-state index in [-0.39, 0.29) is 5.41 Å². The molecule has 0 bridgehead atoms. The lowest BCUT2D eigenvalue weighted by molar-refractivity contribution is 0.403. The average Bonchev–Trinajstić information content (AvgIpc) is 2.72.